The molecular formula is C14H13N5O3. The lowest BCUT2D eigenvalue weighted by Crippen LogP contribution is -2.32. The first-order valence-corrected chi connectivity index (χ1v) is 7.05. The number of nitrogens with zero attached hydrogens (tertiary/aromatic N) is 4. The first kappa shape index (κ1) is 12.9. The molecule has 2 aromatic heterocycles. The lowest BCUT2D eigenvalue weighted by molar-refractivity contribution is -0.122. The van der Waals surface area contributed by atoms with Crippen molar-refractivity contribution in [2.45, 2.75) is 19.8 Å². The molecule has 2 atom stereocenters. The lowest BCUT2D eigenvalue weighted by atomic mass is 9.85. The number of aromatic amines is 1. The van der Waals surface area contributed by atoms with Crippen LogP contribution in [0.25, 0.3) is 5.78 Å². The number of nitrogens with one attached hydrogen (secondary N) is 1. The van der Waals surface area contributed by atoms with Gasteiger partial charge in [-0.15, -0.1) is 0 Å². The van der Waals surface area contributed by atoms with Gasteiger partial charge in [0.1, 0.15) is 0 Å². The maximum absolute atomic E-state index is 12.5. The Bertz CT molecular complexity index is 868. The molecule has 8 nitrogen and oxygen atoms in total. The number of carbonyl (C=O) groups excluding carboxylic acids is 2. The third kappa shape index (κ3) is 1.66. The number of rotatable bonds is 1. The van der Waals surface area contributed by atoms with Gasteiger partial charge in [-0.2, -0.15) is 9.50 Å². The molecule has 0 radical (unpaired) electrons. The summed E-state index contributed by atoms with van der Waals surface area (Å²) in [5.74, 6) is -1.02. The number of imide groups is 1. The highest BCUT2D eigenvalue weighted by Gasteiger charge is 2.49. The molecule has 3 heterocycles. The zero-order valence-electron chi connectivity index (χ0n) is 11.8. The number of anilines is 1. The number of allylic oxidation sites excluding steroid dienone is 2. The lowest BCUT2D eigenvalue weighted by Gasteiger charge is -2.14. The molecule has 0 spiro atoms. The molecule has 2 aliphatic rings. The summed E-state index contributed by atoms with van der Waals surface area (Å²) in [6.07, 6.45) is 4.96. The quantitative estimate of drug-likeness (QED) is 0.598. The molecule has 1 fully saturated rings. The zero-order valence-corrected chi connectivity index (χ0v) is 11.8. The van der Waals surface area contributed by atoms with Gasteiger partial charge in [0.15, 0.2) is 0 Å². The van der Waals surface area contributed by atoms with Crippen LogP contribution in [0.1, 0.15) is 18.5 Å². The fraction of sp³-hybridized carbons (Fsp3) is 0.357. The SMILES string of the molecule is Cc1cc(=O)n2[nH]c(N3C(=O)[C@@H]4CC=CC[C@H]4C3=O)nc2n1. The van der Waals surface area contributed by atoms with Gasteiger partial charge in [-0.25, -0.2) is 9.88 Å². The second-order valence-electron chi connectivity index (χ2n) is 5.59. The molecule has 1 N–H and O–H groups in total. The first-order valence-electron chi connectivity index (χ1n) is 7.05. The number of hydrogen-bond acceptors (Lipinski definition) is 5. The van der Waals surface area contributed by atoms with E-state index in [1.165, 1.54) is 6.07 Å². The van der Waals surface area contributed by atoms with Crippen molar-refractivity contribution in [2.75, 3.05) is 4.90 Å². The Morgan fingerprint density at radius 1 is 1.09 bits per heavy atom. The van der Waals surface area contributed by atoms with E-state index in [-0.39, 0.29) is 40.9 Å². The molecule has 2 aromatic rings. The molecule has 0 bridgehead atoms. The molecule has 22 heavy (non-hydrogen) atoms. The Balaban J connectivity index is 1.82. The van der Waals surface area contributed by atoms with Crippen molar-refractivity contribution in [1.29, 1.82) is 0 Å². The molecule has 1 aliphatic heterocycles. The van der Waals surface area contributed by atoms with Gasteiger partial charge in [0.2, 0.25) is 17.8 Å². The summed E-state index contributed by atoms with van der Waals surface area (Å²) in [5, 5.41) is 2.70. The number of hydrogen-bond donors (Lipinski definition) is 1. The summed E-state index contributed by atoms with van der Waals surface area (Å²) in [5.41, 5.74) is 0.194. The minimum Gasteiger partial charge on any atom is -0.274 e. The van der Waals surface area contributed by atoms with Crippen LogP contribution in [0.5, 0.6) is 0 Å². The van der Waals surface area contributed by atoms with Gasteiger partial charge < -0.3 is 0 Å². The Hall–Kier alpha value is -2.77. The molecule has 1 aliphatic carbocycles. The van der Waals surface area contributed by atoms with Crippen molar-refractivity contribution in [3.63, 3.8) is 0 Å². The van der Waals surface area contributed by atoms with Crippen LogP contribution in [-0.4, -0.2) is 31.4 Å². The largest absolute Gasteiger partial charge is 0.274 e. The number of fused-ring (bicyclic) bond motifs is 2. The summed E-state index contributed by atoms with van der Waals surface area (Å²) >= 11 is 0. The third-order valence-electron chi connectivity index (χ3n) is 4.17. The van der Waals surface area contributed by atoms with E-state index in [0.717, 1.165) is 9.42 Å². The highest BCUT2D eigenvalue weighted by atomic mass is 16.2. The van der Waals surface area contributed by atoms with Crippen molar-refractivity contribution in [3.8, 4) is 0 Å². The number of aryl methyl sites for hydroxylation is 1. The van der Waals surface area contributed by atoms with E-state index in [2.05, 4.69) is 15.1 Å². The average Bonchev–Trinajstić information content (AvgIpc) is 3.00. The molecule has 0 aromatic carbocycles. The second-order valence-corrected chi connectivity index (χ2v) is 5.59. The van der Waals surface area contributed by atoms with Crippen LogP contribution in [0.4, 0.5) is 5.95 Å². The monoisotopic (exact) mass is 299 g/mol. The summed E-state index contributed by atoms with van der Waals surface area (Å²) in [7, 11) is 0. The van der Waals surface area contributed by atoms with Crippen LogP contribution < -0.4 is 10.5 Å². The van der Waals surface area contributed by atoms with Crippen molar-refractivity contribution in [1.82, 2.24) is 19.6 Å². The van der Waals surface area contributed by atoms with Crippen LogP contribution in [0.2, 0.25) is 0 Å². The standard InChI is InChI=1S/C14H13N5O3/c1-7-6-10(20)19-13(15-7)16-14(17-19)18-11(21)8-4-2-3-5-9(8)12(18)22/h2-3,6,8-9H,4-5H2,1H3,(H,15,16,17)/t8-,9-/m1/s1. The van der Waals surface area contributed by atoms with Crippen molar-refractivity contribution in [3.05, 3.63) is 34.3 Å². The average molecular weight is 299 g/mol. The van der Waals surface area contributed by atoms with Crippen molar-refractivity contribution < 1.29 is 9.59 Å². The van der Waals surface area contributed by atoms with E-state index >= 15 is 0 Å². The smallest absolute Gasteiger partial charge is 0.274 e. The van der Waals surface area contributed by atoms with Crippen molar-refractivity contribution >= 4 is 23.5 Å². The summed E-state index contributed by atoms with van der Waals surface area (Å²) in [4.78, 5) is 46.2. The predicted molar refractivity (Wildman–Crippen MR) is 76.2 cm³/mol. The van der Waals surface area contributed by atoms with E-state index in [9.17, 15) is 14.4 Å². The van der Waals surface area contributed by atoms with Crippen LogP contribution in [0, 0.1) is 18.8 Å². The number of carbonyl (C=O) groups is 2. The van der Waals surface area contributed by atoms with Gasteiger partial charge in [0.05, 0.1) is 11.8 Å². The highest BCUT2D eigenvalue weighted by Crippen LogP contribution is 2.36. The molecule has 112 valence electrons. The van der Waals surface area contributed by atoms with Gasteiger partial charge in [-0.05, 0) is 19.8 Å². The van der Waals surface area contributed by atoms with Crippen LogP contribution in [-0.2, 0) is 9.59 Å². The maximum Gasteiger partial charge on any atom is 0.274 e. The Morgan fingerprint density at radius 2 is 1.73 bits per heavy atom. The summed E-state index contributed by atoms with van der Waals surface area (Å²) in [6.45, 7) is 1.68. The van der Waals surface area contributed by atoms with E-state index < -0.39 is 0 Å². The molecule has 4 rings (SSSR count). The second kappa shape index (κ2) is 4.36. The molecule has 0 saturated carbocycles. The van der Waals surface area contributed by atoms with Gasteiger partial charge >= 0.3 is 0 Å². The van der Waals surface area contributed by atoms with E-state index in [1.54, 1.807) is 6.92 Å². The van der Waals surface area contributed by atoms with Gasteiger partial charge in [0.25, 0.3) is 11.3 Å². The normalized spacial score (nSPS) is 24.3. The van der Waals surface area contributed by atoms with E-state index in [0.29, 0.717) is 18.5 Å². The Kier molecular flexibility index (Phi) is 2.56. The third-order valence-corrected chi connectivity index (χ3v) is 4.17. The Labute approximate surface area is 124 Å². The van der Waals surface area contributed by atoms with Crippen LogP contribution in [0.15, 0.2) is 23.0 Å². The van der Waals surface area contributed by atoms with E-state index in [1.807, 2.05) is 12.2 Å². The molecule has 8 heteroatoms. The highest BCUT2D eigenvalue weighted by molar-refractivity contribution is 6.21. The van der Waals surface area contributed by atoms with Gasteiger partial charge in [-0.3, -0.25) is 19.5 Å². The summed E-state index contributed by atoms with van der Waals surface area (Å²) < 4.78 is 1.13. The molecule has 0 unspecified atom stereocenters. The predicted octanol–water partition coefficient (Wildman–Crippen LogP) is 0.182. The van der Waals surface area contributed by atoms with Crippen LogP contribution >= 0.6 is 0 Å². The van der Waals surface area contributed by atoms with E-state index in [4.69, 9.17) is 0 Å². The topological polar surface area (TPSA) is 100 Å². The molecule has 2 amide bonds. The zero-order chi connectivity index (χ0) is 15.4. The Morgan fingerprint density at radius 3 is 2.36 bits per heavy atom. The van der Waals surface area contributed by atoms with Crippen LogP contribution in [0.3, 0.4) is 0 Å². The molecule has 1 saturated heterocycles. The maximum atomic E-state index is 12.5. The number of H-pyrrole nitrogens is 1. The number of aromatic nitrogens is 4. The fourth-order valence-electron chi connectivity index (χ4n) is 3.09. The first-order chi connectivity index (χ1) is 10.6. The number of amides is 2. The van der Waals surface area contributed by atoms with Gasteiger partial charge in [-0.1, -0.05) is 12.2 Å². The van der Waals surface area contributed by atoms with Gasteiger partial charge in [0, 0.05) is 11.8 Å². The minimum atomic E-state index is -0.336. The summed E-state index contributed by atoms with van der Waals surface area (Å²) in [6, 6.07) is 1.35. The minimum absolute atomic E-state index is 0.0552. The van der Waals surface area contributed by atoms with Crippen molar-refractivity contribution in [2.24, 2.45) is 11.8 Å². The fourth-order valence-corrected chi connectivity index (χ4v) is 3.09. The molecular weight excluding hydrogens is 286 g/mol.